The molecular weight excluding hydrogens is 518 g/mol. The zero-order chi connectivity index (χ0) is 26.6. The molecule has 2 saturated heterocycles. The van der Waals surface area contributed by atoms with E-state index in [2.05, 4.69) is 30.4 Å². The number of ether oxygens (including phenoxy) is 2. The number of piperazine rings is 1. The van der Waals surface area contributed by atoms with E-state index in [1.807, 2.05) is 18.2 Å². The summed E-state index contributed by atoms with van der Waals surface area (Å²) in [5.41, 5.74) is 3.36. The van der Waals surface area contributed by atoms with Crippen molar-refractivity contribution >= 4 is 39.7 Å². The van der Waals surface area contributed by atoms with Gasteiger partial charge >= 0.3 is 0 Å². The lowest BCUT2D eigenvalue weighted by Gasteiger charge is -2.30. The monoisotopic (exact) mass is 549 g/mol. The van der Waals surface area contributed by atoms with Crippen molar-refractivity contribution < 1.29 is 19.1 Å². The first-order valence-corrected chi connectivity index (χ1v) is 14.1. The number of aromatic nitrogens is 2. The van der Waals surface area contributed by atoms with Crippen LogP contribution in [0.15, 0.2) is 42.0 Å². The van der Waals surface area contributed by atoms with Crippen LogP contribution in [0.2, 0.25) is 0 Å². The van der Waals surface area contributed by atoms with E-state index in [9.17, 15) is 9.59 Å². The first-order chi connectivity index (χ1) is 19.2. The summed E-state index contributed by atoms with van der Waals surface area (Å²) in [5, 5.41) is 8.47. The molecule has 11 nitrogen and oxygen atoms in total. The molecule has 39 heavy (non-hydrogen) atoms. The Hall–Kier alpha value is -3.58. The topological polar surface area (TPSA) is 112 Å². The van der Waals surface area contributed by atoms with Gasteiger partial charge in [-0.05, 0) is 23.8 Å². The SMILES string of the molecule is O=C(Nc1cnccc1N1CCNCC1)c1csc(N2Cc3ccc(OCCN4CCOCC4)cc3C2=O)n1. The Labute approximate surface area is 230 Å². The molecule has 0 saturated carbocycles. The molecule has 2 fully saturated rings. The Kier molecular flexibility index (Phi) is 7.68. The van der Waals surface area contributed by atoms with E-state index in [-0.39, 0.29) is 17.5 Å². The number of morpholine rings is 1. The Bertz CT molecular complexity index is 1340. The summed E-state index contributed by atoms with van der Waals surface area (Å²) in [5.74, 6) is 0.202. The summed E-state index contributed by atoms with van der Waals surface area (Å²) in [6.07, 6.45) is 3.38. The second-order valence-corrected chi connectivity index (χ2v) is 10.4. The number of carbonyl (C=O) groups excluding carboxylic acids is 2. The minimum Gasteiger partial charge on any atom is -0.492 e. The third kappa shape index (κ3) is 5.74. The van der Waals surface area contributed by atoms with Gasteiger partial charge in [0.25, 0.3) is 11.8 Å². The van der Waals surface area contributed by atoms with Crippen molar-refractivity contribution in [3.63, 3.8) is 0 Å². The fourth-order valence-electron chi connectivity index (χ4n) is 4.99. The molecule has 3 aromatic rings. The Morgan fingerprint density at radius 3 is 2.85 bits per heavy atom. The van der Waals surface area contributed by atoms with Gasteiger partial charge in [0.05, 0.1) is 37.3 Å². The van der Waals surface area contributed by atoms with Gasteiger partial charge in [0, 0.05) is 63.0 Å². The molecule has 2 aromatic heterocycles. The molecule has 3 aliphatic heterocycles. The first kappa shape index (κ1) is 25.7. The summed E-state index contributed by atoms with van der Waals surface area (Å²) in [4.78, 5) is 41.2. The van der Waals surface area contributed by atoms with E-state index in [1.165, 1.54) is 11.3 Å². The van der Waals surface area contributed by atoms with Crippen LogP contribution in [0.4, 0.5) is 16.5 Å². The lowest BCUT2D eigenvalue weighted by molar-refractivity contribution is 0.0322. The first-order valence-electron chi connectivity index (χ1n) is 13.2. The summed E-state index contributed by atoms with van der Waals surface area (Å²) in [7, 11) is 0. The van der Waals surface area contributed by atoms with Crippen molar-refractivity contribution in [1.82, 2.24) is 20.2 Å². The van der Waals surface area contributed by atoms with Crippen LogP contribution in [0.1, 0.15) is 26.4 Å². The van der Waals surface area contributed by atoms with E-state index in [0.29, 0.717) is 35.3 Å². The highest BCUT2D eigenvalue weighted by Gasteiger charge is 2.31. The van der Waals surface area contributed by atoms with Gasteiger partial charge in [0.15, 0.2) is 5.13 Å². The molecule has 0 bridgehead atoms. The Morgan fingerprint density at radius 1 is 1.15 bits per heavy atom. The van der Waals surface area contributed by atoms with Crippen LogP contribution in [-0.2, 0) is 11.3 Å². The lowest BCUT2D eigenvalue weighted by atomic mass is 10.1. The number of hydrogen-bond donors (Lipinski definition) is 2. The number of carbonyl (C=O) groups is 2. The highest BCUT2D eigenvalue weighted by atomic mass is 32.1. The average Bonchev–Trinajstić information content (AvgIpc) is 3.59. The zero-order valence-electron chi connectivity index (χ0n) is 21.6. The van der Waals surface area contributed by atoms with Gasteiger partial charge in [-0.25, -0.2) is 4.98 Å². The molecule has 5 heterocycles. The molecule has 2 amide bonds. The van der Waals surface area contributed by atoms with Crippen LogP contribution < -0.4 is 25.2 Å². The fraction of sp³-hybridized carbons (Fsp3) is 0.407. The van der Waals surface area contributed by atoms with Crippen molar-refractivity contribution in [2.45, 2.75) is 6.54 Å². The summed E-state index contributed by atoms with van der Waals surface area (Å²) in [6.45, 7) is 8.59. The smallest absolute Gasteiger partial charge is 0.275 e. The highest BCUT2D eigenvalue weighted by molar-refractivity contribution is 7.14. The molecular formula is C27H31N7O4S. The molecule has 12 heteroatoms. The molecule has 0 atom stereocenters. The summed E-state index contributed by atoms with van der Waals surface area (Å²) < 4.78 is 11.3. The maximum Gasteiger partial charge on any atom is 0.275 e. The summed E-state index contributed by atoms with van der Waals surface area (Å²) in [6, 6.07) is 7.55. The number of hydrogen-bond acceptors (Lipinski definition) is 10. The molecule has 0 spiro atoms. The largest absolute Gasteiger partial charge is 0.492 e. The van der Waals surface area contributed by atoms with Crippen LogP contribution >= 0.6 is 11.3 Å². The Morgan fingerprint density at radius 2 is 2.00 bits per heavy atom. The van der Waals surface area contributed by atoms with Crippen molar-refractivity contribution in [1.29, 1.82) is 0 Å². The molecule has 0 unspecified atom stereocenters. The normalized spacial score (nSPS) is 17.8. The van der Waals surface area contributed by atoms with Gasteiger partial charge in [-0.3, -0.25) is 24.4 Å². The van der Waals surface area contributed by atoms with Crippen molar-refractivity contribution in [3.05, 3.63) is 58.9 Å². The highest BCUT2D eigenvalue weighted by Crippen LogP contribution is 2.33. The molecule has 0 aliphatic carbocycles. The van der Waals surface area contributed by atoms with Gasteiger partial charge in [0.1, 0.15) is 18.1 Å². The Balaban J connectivity index is 1.09. The van der Waals surface area contributed by atoms with E-state index in [1.54, 1.807) is 28.7 Å². The lowest BCUT2D eigenvalue weighted by Crippen LogP contribution is -2.43. The van der Waals surface area contributed by atoms with E-state index < -0.39 is 0 Å². The van der Waals surface area contributed by atoms with Gasteiger partial charge < -0.3 is 25.0 Å². The molecule has 0 radical (unpaired) electrons. The number of benzene rings is 1. The molecule has 1 aromatic carbocycles. The minimum atomic E-state index is -0.331. The maximum absolute atomic E-state index is 13.3. The molecule has 2 N–H and O–H groups in total. The fourth-order valence-corrected chi connectivity index (χ4v) is 5.79. The van der Waals surface area contributed by atoms with Crippen LogP contribution in [0.25, 0.3) is 0 Å². The van der Waals surface area contributed by atoms with Crippen molar-refractivity contribution in [3.8, 4) is 5.75 Å². The van der Waals surface area contributed by atoms with Crippen molar-refractivity contribution in [2.75, 3.05) is 80.8 Å². The van der Waals surface area contributed by atoms with E-state index in [4.69, 9.17) is 9.47 Å². The second kappa shape index (κ2) is 11.7. The molecule has 3 aliphatic rings. The number of pyridine rings is 1. The van der Waals surface area contributed by atoms with Gasteiger partial charge in [0.2, 0.25) is 0 Å². The quantitative estimate of drug-likeness (QED) is 0.436. The number of anilines is 3. The van der Waals surface area contributed by atoms with Gasteiger partial charge in [-0.1, -0.05) is 6.07 Å². The number of rotatable bonds is 8. The average molecular weight is 550 g/mol. The number of nitrogens with one attached hydrogen (secondary N) is 2. The number of fused-ring (bicyclic) bond motifs is 1. The third-order valence-corrected chi connectivity index (χ3v) is 7.99. The molecule has 204 valence electrons. The van der Waals surface area contributed by atoms with Gasteiger partial charge in [-0.2, -0.15) is 0 Å². The number of thiazole rings is 1. The van der Waals surface area contributed by atoms with Crippen LogP contribution in [0, 0.1) is 0 Å². The van der Waals surface area contributed by atoms with Crippen LogP contribution in [-0.4, -0.2) is 92.3 Å². The number of amides is 2. The van der Waals surface area contributed by atoms with Crippen LogP contribution in [0.3, 0.4) is 0 Å². The molecule has 6 rings (SSSR count). The van der Waals surface area contributed by atoms with Gasteiger partial charge in [-0.15, -0.1) is 11.3 Å². The summed E-state index contributed by atoms with van der Waals surface area (Å²) >= 11 is 1.28. The maximum atomic E-state index is 13.3. The van der Waals surface area contributed by atoms with Crippen LogP contribution in [0.5, 0.6) is 5.75 Å². The van der Waals surface area contributed by atoms with E-state index >= 15 is 0 Å². The zero-order valence-corrected chi connectivity index (χ0v) is 22.4. The third-order valence-electron chi connectivity index (χ3n) is 7.12. The second-order valence-electron chi connectivity index (χ2n) is 9.61. The predicted molar refractivity (Wildman–Crippen MR) is 149 cm³/mol. The standard InChI is InChI=1S/C27H31N7O4S/c35-25(30-22-16-29-4-3-24(22)33-7-5-28-6-8-33)23-18-39-27(31-23)34-17-19-1-2-20(15-21(19)26(34)36)38-14-11-32-9-12-37-13-10-32/h1-4,15-16,18,28H,5-14,17H2,(H,30,35). The predicted octanol–water partition coefficient (Wildman–Crippen LogP) is 2.07. The van der Waals surface area contributed by atoms with Crippen molar-refractivity contribution in [2.24, 2.45) is 0 Å². The van der Waals surface area contributed by atoms with E-state index in [0.717, 1.165) is 70.3 Å². The minimum absolute atomic E-state index is 0.141. The number of nitrogens with zero attached hydrogens (tertiary/aromatic N) is 5.